The van der Waals surface area contributed by atoms with E-state index in [1.54, 1.807) is 0 Å². The highest BCUT2D eigenvalue weighted by Crippen LogP contribution is 2.13. The Morgan fingerprint density at radius 2 is 2.47 bits per heavy atom. The van der Waals surface area contributed by atoms with Crippen LogP contribution in [0.4, 0.5) is 0 Å². The Bertz CT molecular complexity index is 378. The Morgan fingerprint density at radius 3 is 3.07 bits per heavy atom. The highest BCUT2D eigenvalue weighted by Gasteiger charge is 2.18. The average molecular weight is 212 g/mol. The molecule has 1 atom stereocenters. The first-order valence-corrected chi connectivity index (χ1v) is 4.76. The van der Waals surface area contributed by atoms with Crippen LogP contribution in [0.15, 0.2) is 21.5 Å². The molecule has 1 unspecified atom stereocenters. The van der Waals surface area contributed by atoms with E-state index < -0.39 is 0 Å². The smallest absolute Gasteiger partial charge is 0.227 e. The molecule has 1 aliphatic heterocycles. The Kier molecular flexibility index (Phi) is 3.03. The zero-order valence-corrected chi connectivity index (χ0v) is 8.14. The molecule has 1 aromatic heterocycles. The van der Waals surface area contributed by atoms with Gasteiger partial charge < -0.3 is 19.0 Å². The Morgan fingerprint density at radius 1 is 1.60 bits per heavy atom. The van der Waals surface area contributed by atoms with Crippen molar-refractivity contribution in [3.63, 3.8) is 0 Å². The fourth-order valence-electron chi connectivity index (χ4n) is 1.39. The van der Waals surface area contributed by atoms with Crippen LogP contribution in [0.2, 0.25) is 0 Å². The maximum atomic E-state index is 11.4. The van der Waals surface area contributed by atoms with Gasteiger partial charge in [-0.1, -0.05) is 0 Å². The van der Waals surface area contributed by atoms with Gasteiger partial charge in [0.25, 0.3) is 0 Å². The van der Waals surface area contributed by atoms with Gasteiger partial charge in [-0.3, -0.25) is 4.79 Å². The molecular formula is C10H12O5. The van der Waals surface area contributed by atoms with Gasteiger partial charge in [0.15, 0.2) is 0 Å². The lowest BCUT2D eigenvalue weighted by molar-refractivity contribution is 0.138. The zero-order valence-electron chi connectivity index (χ0n) is 8.14. The van der Waals surface area contributed by atoms with Crippen LogP contribution in [0, 0.1) is 0 Å². The van der Waals surface area contributed by atoms with Gasteiger partial charge in [0.1, 0.15) is 24.7 Å². The Balaban J connectivity index is 2.11. The third-order valence-corrected chi connectivity index (χ3v) is 2.19. The van der Waals surface area contributed by atoms with Gasteiger partial charge >= 0.3 is 0 Å². The van der Waals surface area contributed by atoms with Crippen molar-refractivity contribution in [2.45, 2.75) is 19.1 Å². The second kappa shape index (κ2) is 4.46. The number of rotatable bonds is 3. The first-order chi connectivity index (χ1) is 7.29. The predicted octanol–water partition coefficient (Wildman–Crippen LogP) is 0.300. The molecule has 0 spiro atoms. The standard InChI is InChI=1S/C10H12O5/c11-4-8-3-9(12)10(6-14-8)15-7-1-2-13-5-7/h3,6-7,11H,1-2,4-5H2. The van der Waals surface area contributed by atoms with E-state index in [1.807, 2.05) is 0 Å². The van der Waals surface area contributed by atoms with Gasteiger partial charge in [-0.05, 0) is 0 Å². The van der Waals surface area contributed by atoms with Crippen LogP contribution in [-0.2, 0) is 11.3 Å². The summed E-state index contributed by atoms with van der Waals surface area (Å²) in [6.45, 7) is 0.869. The maximum absolute atomic E-state index is 11.4. The summed E-state index contributed by atoms with van der Waals surface area (Å²) < 4.78 is 15.5. The predicted molar refractivity (Wildman–Crippen MR) is 50.8 cm³/mol. The van der Waals surface area contributed by atoms with Gasteiger partial charge in [-0.15, -0.1) is 0 Å². The van der Waals surface area contributed by atoms with E-state index in [1.165, 1.54) is 12.3 Å². The van der Waals surface area contributed by atoms with E-state index in [9.17, 15) is 4.79 Å². The van der Waals surface area contributed by atoms with E-state index in [2.05, 4.69) is 0 Å². The minimum absolute atomic E-state index is 0.0760. The van der Waals surface area contributed by atoms with Crippen molar-refractivity contribution in [3.05, 3.63) is 28.3 Å². The SMILES string of the molecule is O=c1cc(CO)occ1OC1CCOC1. The molecule has 5 nitrogen and oxygen atoms in total. The summed E-state index contributed by atoms with van der Waals surface area (Å²) in [5.41, 5.74) is -0.280. The molecule has 0 bridgehead atoms. The third kappa shape index (κ3) is 2.37. The van der Waals surface area contributed by atoms with Crippen LogP contribution >= 0.6 is 0 Å². The summed E-state index contributed by atoms with van der Waals surface area (Å²) in [4.78, 5) is 11.4. The first kappa shape index (κ1) is 10.2. The molecule has 0 radical (unpaired) electrons. The molecule has 1 aromatic rings. The molecular weight excluding hydrogens is 200 g/mol. The maximum Gasteiger partial charge on any atom is 0.227 e. The highest BCUT2D eigenvalue weighted by molar-refractivity contribution is 5.17. The number of aliphatic hydroxyl groups excluding tert-OH is 1. The van der Waals surface area contributed by atoms with E-state index >= 15 is 0 Å². The zero-order chi connectivity index (χ0) is 10.7. The number of hydrogen-bond donors (Lipinski definition) is 1. The molecule has 82 valence electrons. The van der Waals surface area contributed by atoms with Crippen molar-refractivity contribution in [2.75, 3.05) is 13.2 Å². The summed E-state index contributed by atoms with van der Waals surface area (Å²) in [6, 6.07) is 1.23. The van der Waals surface area contributed by atoms with E-state index in [0.29, 0.717) is 13.2 Å². The molecule has 0 aromatic carbocycles. The van der Waals surface area contributed by atoms with Gasteiger partial charge in [-0.25, -0.2) is 0 Å². The summed E-state index contributed by atoms with van der Waals surface area (Å²) in [7, 11) is 0. The second-order valence-electron chi connectivity index (χ2n) is 3.34. The van der Waals surface area contributed by atoms with Crippen LogP contribution in [0.1, 0.15) is 12.2 Å². The van der Waals surface area contributed by atoms with E-state index in [4.69, 9.17) is 19.0 Å². The summed E-state index contributed by atoms with van der Waals surface area (Å²) in [5, 5.41) is 8.74. The van der Waals surface area contributed by atoms with E-state index in [0.717, 1.165) is 6.42 Å². The summed E-state index contributed by atoms with van der Waals surface area (Å²) >= 11 is 0. The lowest BCUT2D eigenvalue weighted by Gasteiger charge is -2.10. The molecule has 0 aliphatic carbocycles. The van der Waals surface area contributed by atoms with Crippen molar-refractivity contribution >= 4 is 0 Å². The normalized spacial score (nSPS) is 20.5. The Hall–Kier alpha value is -1.33. The minimum Gasteiger partial charge on any atom is -0.481 e. The van der Waals surface area contributed by atoms with Gasteiger partial charge in [-0.2, -0.15) is 0 Å². The highest BCUT2D eigenvalue weighted by atomic mass is 16.5. The largest absolute Gasteiger partial charge is 0.481 e. The summed E-state index contributed by atoms with van der Waals surface area (Å²) in [5.74, 6) is 0.401. The van der Waals surface area contributed by atoms with Crippen molar-refractivity contribution in [2.24, 2.45) is 0 Å². The molecule has 1 N–H and O–H groups in total. The van der Waals surface area contributed by atoms with Crippen molar-refractivity contribution < 1.29 is 19.0 Å². The number of aliphatic hydroxyl groups is 1. The van der Waals surface area contributed by atoms with Crippen LogP contribution in [0.3, 0.4) is 0 Å². The quantitative estimate of drug-likeness (QED) is 0.780. The molecule has 1 saturated heterocycles. The monoisotopic (exact) mass is 212 g/mol. The Labute approximate surface area is 86.2 Å². The van der Waals surface area contributed by atoms with Gasteiger partial charge in [0, 0.05) is 12.5 Å². The van der Waals surface area contributed by atoms with Crippen molar-refractivity contribution in [3.8, 4) is 5.75 Å². The topological polar surface area (TPSA) is 68.9 Å². The van der Waals surface area contributed by atoms with E-state index in [-0.39, 0.29) is 29.6 Å². The lowest BCUT2D eigenvalue weighted by atomic mass is 10.3. The van der Waals surface area contributed by atoms with Crippen LogP contribution in [-0.4, -0.2) is 24.4 Å². The minimum atomic E-state index is -0.290. The number of hydrogen-bond acceptors (Lipinski definition) is 5. The van der Waals surface area contributed by atoms with Crippen molar-refractivity contribution in [1.29, 1.82) is 0 Å². The first-order valence-electron chi connectivity index (χ1n) is 4.76. The van der Waals surface area contributed by atoms with Crippen molar-refractivity contribution in [1.82, 2.24) is 0 Å². The van der Waals surface area contributed by atoms with Crippen LogP contribution in [0.25, 0.3) is 0 Å². The lowest BCUT2D eigenvalue weighted by Crippen LogP contribution is -2.19. The molecule has 15 heavy (non-hydrogen) atoms. The molecule has 0 amide bonds. The third-order valence-electron chi connectivity index (χ3n) is 2.19. The fourth-order valence-corrected chi connectivity index (χ4v) is 1.39. The number of ether oxygens (including phenoxy) is 2. The average Bonchev–Trinajstić information content (AvgIpc) is 2.74. The molecule has 2 heterocycles. The molecule has 5 heteroatoms. The molecule has 2 rings (SSSR count). The molecule has 0 saturated carbocycles. The van der Waals surface area contributed by atoms with Crippen LogP contribution in [0.5, 0.6) is 5.75 Å². The molecule has 1 fully saturated rings. The summed E-state index contributed by atoms with van der Waals surface area (Å²) in [6.07, 6.45) is 1.93. The fraction of sp³-hybridized carbons (Fsp3) is 0.500. The van der Waals surface area contributed by atoms with Gasteiger partial charge in [0.05, 0.1) is 13.2 Å². The molecule has 1 aliphatic rings. The van der Waals surface area contributed by atoms with Crippen LogP contribution < -0.4 is 10.2 Å². The van der Waals surface area contributed by atoms with Gasteiger partial charge in [0.2, 0.25) is 11.2 Å². The second-order valence-corrected chi connectivity index (χ2v) is 3.34.